The molecule has 0 aromatic heterocycles. The minimum atomic E-state index is -3.59. The van der Waals surface area contributed by atoms with Crippen molar-refractivity contribution in [2.75, 3.05) is 11.1 Å². The van der Waals surface area contributed by atoms with Gasteiger partial charge in [-0.1, -0.05) is 19.8 Å². The fraction of sp³-hybridized carbons (Fsp3) is 0.278. The fourth-order valence-electron chi connectivity index (χ4n) is 2.26. The number of anilines is 2. The number of hydrogen-bond donors (Lipinski definition) is 2. The zero-order valence-corrected chi connectivity index (χ0v) is 14.5. The molecule has 0 saturated heterocycles. The molecule has 5 nitrogen and oxygen atoms in total. The van der Waals surface area contributed by atoms with E-state index in [0.29, 0.717) is 17.8 Å². The van der Waals surface area contributed by atoms with Crippen LogP contribution in [0.1, 0.15) is 32.6 Å². The number of nitrogen functional groups attached to an aromatic ring is 1. The number of amides is 1. The van der Waals surface area contributed by atoms with E-state index in [1.54, 1.807) is 24.3 Å². The molecular weight excluding hydrogens is 324 g/mol. The third kappa shape index (κ3) is 4.58. The van der Waals surface area contributed by atoms with Crippen LogP contribution in [0.15, 0.2) is 58.3 Å². The minimum Gasteiger partial charge on any atom is -0.399 e. The third-order valence-corrected chi connectivity index (χ3v) is 5.43. The maximum atomic E-state index is 12.5. The van der Waals surface area contributed by atoms with E-state index in [4.69, 9.17) is 5.73 Å². The third-order valence-electron chi connectivity index (χ3n) is 3.65. The molecule has 0 atom stereocenters. The molecule has 2 rings (SSSR count). The predicted molar refractivity (Wildman–Crippen MR) is 95.5 cm³/mol. The Balaban J connectivity index is 2.08. The summed E-state index contributed by atoms with van der Waals surface area (Å²) in [5.74, 6) is -0.0578. The van der Waals surface area contributed by atoms with Gasteiger partial charge in [-0.25, -0.2) is 8.42 Å². The highest BCUT2D eigenvalue weighted by Gasteiger charge is 2.17. The van der Waals surface area contributed by atoms with E-state index in [2.05, 4.69) is 12.2 Å². The lowest BCUT2D eigenvalue weighted by molar-refractivity contribution is -0.116. The standard InChI is InChI=1S/C18H22N2O3S/c1-2-3-4-5-18(21)20-15-8-12-17(13-9-15)24(22,23)16-10-6-14(19)7-11-16/h6-13H,2-5,19H2,1H3,(H,20,21). The van der Waals surface area contributed by atoms with Gasteiger partial charge in [0.15, 0.2) is 0 Å². The van der Waals surface area contributed by atoms with Crippen LogP contribution in [-0.4, -0.2) is 14.3 Å². The Morgan fingerprint density at radius 1 is 0.958 bits per heavy atom. The molecule has 0 fully saturated rings. The van der Waals surface area contributed by atoms with Crippen LogP contribution in [0.3, 0.4) is 0 Å². The number of sulfone groups is 1. The van der Waals surface area contributed by atoms with Gasteiger partial charge in [0, 0.05) is 17.8 Å². The molecule has 128 valence electrons. The van der Waals surface area contributed by atoms with Gasteiger partial charge in [0.1, 0.15) is 0 Å². The number of carbonyl (C=O) groups excluding carboxylic acids is 1. The van der Waals surface area contributed by atoms with Crippen LogP contribution in [0.2, 0.25) is 0 Å². The molecule has 1 amide bonds. The summed E-state index contributed by atoms with van der Waals surface area (Å²) in [7, 11) is -3.59. The van der Waals surface area contributed by atoms with E-state index in [1.807, 2.05) is 0 Å². The van der Waals surface area contributed by atoms with Gasteiger partial charge in [-0.05, 0) is 55.0 Å². The first-order valence-electron chi connectivity index (χ1n) is 7.94. The van der Waals surface area contributed by atoms with E-state index >= 15 is 0 Å². The number of hydrogen-bond acceptors (Lipinski definition) is 4. The molecular formula is C18H22N2O3S. The molecule has 0 aliphatic carbocycles. The van der Waals surface area contributed by atoms with Gasteiger partial charge < -0.3 is 11.1 Å². The SMILES string of the molecule is CCCCCC(=O)Nc1ccc(S(=O)(=O)c2ccc(N)cc2)cc1. The van der Waals surface area contributed by atoms with Crippen LogP contribution in [0.4, 0.5) is 11.4 Å². The Kier molecular flexibility index (Phi) is 5.98. The van der Waals surface area contributed by atoms with Crippen molar-refractivity contribution in [3.8, 4) is 0 Å². The Morgan fingerprint density at radius 3 is 2.04 bits per heavy atom. The molecule has 0 aliphatic rings. The van der Waals surface area contributed by atoms with Crippen molar-refractivity contribution in [3.63, 3.8) is 0 Å². The highest BCUT2D eigenvalue weighted by molar-refractivity contribution is 7.91. The van der Waals surface area contributed by atoms with Gasteiger partial charge in [-0.15, -0.1) is 0 Å². The number of nitrogens with two attached hydrogens (primary N) is 1. The van der Waals surface area contributed by atoms with Crippen LogP contribution >= 0.6 is 0 Å². The van der Waals surface area contributed by atoms with E-state index in [9.17, 15) is 13.2 Å². The molecule has 24 heavy (non-hydrogen) atoms. The van der Waals surface area contributed by atoms with Gasteiger partial charge in [0.25, 0.3) is 0 Å². The average Bonchev–Trinajstić information content (AvgIpc) is 2.56. The normalized spacial score (nSPS) is 11.2. The fourth-order valence-corrected chi connectivity index (χ4v) is 3.52. The summed E-state index contributed by atoms with van der Waals surface area (Å²) in [4.78, 5) is 12.1. The summed E-state index contributed by atoms with van der Waals surface area (Å²) in [6.45, 7) is 2.08. The van der Waals surface area contributed by atoms with Gasteiger partial charge in [0.2, 0.25) is 15.7 Å². The first kappa shape index (κ1) is 18.0. The molecule has 3 N–H and O–H groups in total. The quantitative estimate of drug-likeness (QED) is 0.592. The summed E-state index contributed by atoms with van der Waals surface area (Å²) in [6.07, 6.45) is 3.41. The largest absolute Gasteiger partial charge is 0.399 e. The second-order valence-corrected chi connectivity index (χ2v) is 7.55. The molecule has 0 spiro atoms. The Bertz CT molecular complexity index is 782. The molecule has 0 saturated carbocycles. The number of rotatable bonds is 7. The first-order chi connectivity index (χ1) is 11.4. The zero-order chi connectivity index (χ0) is 17.6. The minimum absolute atomic E-state index is 0.0578. The van der Waals surface area contributed by atoms with Crippen molar-refractivity contribution in [2.45, 2.75) is 42.4 Å². The summed E-state index contributed by atoms with van der Waals surface area (Å²) in [6, 6.07) is 12.3. The van der Waals surface area contributed by atoms with Crippen LogP contribution < -0.4 is 11.1 Å². The Morgan fingerprint density at radius 2 is 1.50 bits per heavy atom. The van der Waals surface area contributed by atoms with Gasteiger partial charge >= 0.3 is 0 Å². The average molecular weight is 346 g/mol. The molecule has 2 aromatic rings. The van der Waals surface area contributed by atoms with Crippen molar-refractivity contribution in [1.29, 1.82) is 0 Å². The smallest absolute Gasteiger partial charge is 0.224 e. The predicted octanol–water partition coefficient (Wildman–Crippen LogP) is 3.62. The molecule has 0 heterocycles. The summed E-state index contributed by atoms with van der Waals surface area (Å²) < 4.78 is 25.0. The van der Waals surface area contributed by atoms with E-state index in [0.717, 1.165) is 19.3 Å². The molecule has 0 unspecified atom stereocenters. The maximum Gasteiger partial charge on any atom is 0.224 e. The summed E-state index contributed by atoms with van der Waals surface area (Å²) >= 11 is 0. The Hall–Kier alpha value is -2.34. The van der Waals surface area contributed by atoms with Crippen LogP contribution in [0.25, 0.3) is 0 Å². The van der Waals surface area contributed by atoms with Crippen LogP contribution in [0.5, 0.6) is 0 Å². The number of nitrogens with one attached hydrogen (secondary N) is 1. The molecule has 0 bridgehead atoms. The van der Waals surface area contributed by atoms with Crippen molar-refractivity contribution in [2.24, 2.45) is 0 Å². The monoisotopic (exact) mass is 346 g/mol. The van der Waals surface area contributed by atoms with E-state index in [1.165, 1.54) is 24.3 Å². The first-order valence-corrected chi connectivity index (χ1v) is 9.42. The molecule has 2 aromatic carbocycles. The second-order valence-electron chi connectivity index (χ2n) is 5.60. The Labute approximate surface area is 142 Å². The van der Waals surface area contributed by atoms with Crippen molar-refractivity contribution in [1.82, 2.24) is 0 Å². The van der Waals surface area contributed by atoms with Crippen LogP contribution in [-0.2, 0) is 14.6 Å². The van der Waals surface area contributed by atoms with Gasteiger partial charge in [0.05, 0.1) is 9.79 Å². The van der Waals surface area contributed by atoms with E-state index < -0.39 is 9.84 Å². The summed E-state index contributed by atoms with van der Waals surface area (Å²) in [5, 5.41) is 2.78. The van der Waals surface area contributed by atoms with Crippen LogP contribution in [0, 0.1) is 0 Å². The summed E-state index contributed by atoms with van der Waals surface area (Å²) in [5.41, 5.74) is 6.68. The highest BCUT2D eigenvalue weighted by atomic mass is 32.2. The van der Waals surface area contributed by atoms with Gasteiger partial charge in [-0.3, -0.25) is 4.79 Å². The highest BCUT2D eigenvalue weighted by Crippen LogP contribution is 2.23. The number of benzene rings is 2. The maximum absolute atomic E-state index is 12.5. The van der Waals surface area contributed by atoms with E-state index in [-0.39, 0.29) is 15.7 Å². The van der Waals surface area contributed by atoms with Crippen molar-refractivity contribution < 1.29 is 13.2 Å². The topological polar surface area (TPSA) is 89.3 Å². The molecule has 0 radical (unpaired) electrons. The zero-order valence-electron chi connectivity index (χ0n) is 13.7. The number of unbranched alkanes of at least 4 members (excludes halogenated alkanes) is 2. The van der Waals surface area contributed by atoms with Gasteiger partial charge in [-0.2, -0.15) is 0 Å². The lowest BCUT2D eigenvalue weighted by atomic mass is 10.2. The second kappa shape index (κ2) is 7.97. The number of carbonyl (C=O) groups is 1. The van der Waals surface area contributed by atoms with Crippen molar-refractivity contribution in [3.05, 3.63) is 48.5 Å². The lowest BCUT2D eigenvalue weighted by Crippen LogP contribution is -2.11. The lowest BCUT2D eigenvalue weighted by Gasteiger charge is -2.08. The van der Waals surface area contributed by atoms with Crippen molar-refractivity contribution >= 4 is 27.1 Å². The molecule has 0 aliphatic heterocycles. The molecule has 6 heteroatoms.